The van der Waals surface area contributed by atoms with E-state index < -0.39 is 0 Å². The lowest BCUT2D eigenvalue weighted by Gasteiger charge is -2.30. The minimum atomic E-state index is 0.491. The van der Waals surface area contributed by atoms with E-state index in [1.807, 2.05) is 7.05 Å². The molecule has 3 heteroatoms. The minimum absolute atomic E-state index is 0.491. The van der Waals surface area contributed by atoms with Crippen LogP contribution in [0.3, 0.4) is 0 Å². The monoisotopic (exact) mass is 215 g/mol. The number of likely N-dealkylation sites (N-methyl/N-ethyl adjacent to an activating group) is 3. The highest BCUT2D eigenvalue weighted by Crippen LogP contribution is 2.15. The number of hydrogen-bond acceptors (Lipinski definition) is 3. The normalized spacial score (nSPS) is 16.0. The fourth-order valence-electron chi connectivity index (χ4n) is 1.89. The Morgan fingerprint density at radius 3 is 1.33 bits per heavy atom. The van der Waals surface area contributed by atoms with Gasteiger partial charge in [-0.25, -0.2) is 0 Å². The molecule has 15 heavy (non-hydrogen) atoms. The van der Waals surface area contributed by atoms with Gasteiger partial charge < -0.3 is 5.32 Å². The molecule has 92 valence electrons. The Morgan fingerprint density at radius 2 is 1.20 bits per heavy atom. The van der Waals surface area contributed by atoms with Crippen molar-refractivity contribution in [3.63, 3.8) is 0 Å². The summed E-state index contributed by atoms with van der Waals surface area (Å²) in [6, 6.07) is 0. The van der Waals surface area contributed by atoms with Crippen molar-refractivity contribution in [3.8, 4) is 0 Å². The highest BCUT2D eigenvalue weighted by molar-refractivity contribution is 4.63. The minimum Gasteiger partial charge on any atom is -0.317 e. The summed E-state index contributed by atoms with van der Waals surface area (Å²) in [4.78, 5) is 4.38. The van der Waals surface area contributed by atoms with Gasteiger partial charge in [0, 0.05) is 6.54 Å². The second-order valence-corrected chi connectivity index (χ2v) is 4.73. The summed E-state index contributed by atoms with van der Waals surface area (Å²) in [5, 5.41) is 3.15. The number of nitrogens with zero attached hydrogens (tertiary/aromatic N) is 2. The molecule has 0 aliphatic heterocycles. The zero-order chi connectivity index (χ0) is 11.7. The van der Waals surface area contributed by atoms with Gasteiger partial charge in [-0.15, -0.1) is 0 Å². The van der Waals surface area contributed by atoms with Crippen LogP contribution in [-0.4, -0.2) is 57.7 Å². The molecule has 0 aromatic rings. The standard InChI is InChI=1S/C7H19N3.C5H10/c1-8-6-7(9(2)3)10(4)5;1-2-4-5-3-1/h7-8H,6H2,1-5H3;1-5H2. The molecule has 1 aliphatic rings. The Kier molecular flexibility index (Phi) is 9.06. The molecule has 1 saturated carbocycles. The van der Waals surface area contributed by atoms with E-state index in [1.165, 1.54) is 32.1 Å². The van der Waals surface area contributed by atoms with Gasteiger partial charge in [0.25, 0.3) is 0 Å². The first-order valence-electron chi connectivity index (χ1n) is 6.07. The Labute approximate surface area is 95.8 Å². The van der Waals surface area contributed by atoms with E-state index in [0.717, 1.165) is 6.54 Å². The van der Waals surface area contributed by atoms with Crippen LogP contribution in [0.2, 0.25) is 0 Å². The fourth-order valence-corrected chi connectivity index (χ4v) is 1.89. The molecule has 0 spiro atoms. The van der Waals surface area contributed by atoms with Crippen molar-refractivity contribution in [3.05, 3.63) is 0 Å². The molecule has 0 unspecified atom stereocenters. The average molecular weight is 215 g/mol. The summed E-state index contributed by atoms with van der Waals surface area (Å²) in [5.41, 5.74) is 0. The molecule has 1 rings (SSSR count). The van der Waals surface area contributed by atoms with Crippen molar-refractivity contribution < 1.29 is 0 Å². The van der Waals surface area contributed by atoms with Crippen LogP contribution >= 0.6 is 0 Å². The van der Waals surface area contributed by atoms with Gasteiger partial charge in [0.1, 0.15) is 0 Å². The summed E-state index contributed by atoms with van der Waals surface area (Å²) in [7, 11) is 10.3. The van der Waals surface area contributed by atoms with Crippen LogP contribution in [0.1, 0.15) is 32.1 Å². The highest BCUT2D eigenvalue weighted by Gasteiger charge is 2.10. The Bertz CT molecular complexity index is 115. The van der Waals surface area contributed by atoms with Gasteiger partial charge in [-0.3, -0.25) is 9.80 Å². The highest BCUT2D eigenvalue weighted by atomic mass is 15.3. The number of hydrogen-bond donors (Lipinski definition) is 1. The average Bonchev–Trinajstić information content (AvgIpc) is 2.70. The maximum Gasteiger partial charge on any atom is 0.0741 e. The molecule has 0 amide bonds. The van der Waals surface area contributed by atoms with Crippen LogP contribution in [0.25, 0.3) is 0 Å². The molecule has 0 aromatic heterocycles. The lowest BCUT2D eigenvalue weighted by molar-refractivity contribution is 0.130. The topological polar surface area (TPSA) is 18.5 Å². The lowest BCUT2D eigenvalue weighted by atomic mass is 10.4. The lowest BCUT2D eigenvalue weighted by Crippen LogP contribution is -2.46. The van der Waals surface area contributed by atoms with Crippen LogP contribution < -0.4 is 5.32 Å². The van der Waals surface area contributed by atoms with Gasteiger partial charge in [0.05, 0.1) is 6.17 Å². The first-order valence-corrected chi connectivity index (χ1v) is 6.07. The maximum absolute atomic E-state index is 3.15. The molecule has 0 atom stereocenters. The van der Waals surface area contributed by atoms with E-state index in [9.17, 15) is 0 Å². The third kappa shape index (κ3) is 7.77. The molecule has 1 N–H and O–H groups in total. The predicted molar refractivity (Wildman–Crippen MR) is 68.2 cm³/mol. The van der Waals surface area contributed by atoms with Crippen molar-refractivity contribution in [1.29, 1.82) is 0 Å². The van der Waals surface area contributed by atoms with E-state index in [0.29, 0.717) is 6.17 Å². The molecule has 0 aromatic carbocycles. The summed E-state index contributed by atoms with van der Waals surface area (Å²) < 4.78 is 0. The molecule has 0 radical (unpaired) electrons. The van der Waals surface area contributed by atoms with Crippen LogP contribution in [0, 0.1) is 0 Å². The van der Waals surface area contributed by atoms with Gasteiger partial charge in [-0.05, 0) is 35.2 Å². The second-order valence-electron chi connectivity index (χ2n) is 4.73. The summed E-state index contributed by atoms with van der Waals surface area (Å²) in [5.74, 6) is 0. The first-order chi connectivity index (χ1) is 7.09. The molecular formula is C12H29N3. The summed E-state index contributed by atoms with van der Waals surface area (Å²) in [6.45, 7) is 1.00. The van der Waals surface area contributed by atoms with Gasteiger partial charge in [0.15, 0.2) is 0 Å². The van der Waals surface area contributed by atoms with E-state index in [4.69, 9.17) is 0 Å². The van der Waals surface area contributed by atoms with Crippen LogP contribution in [0.5, 0.6) is 0 Å². The number of rotatable bonds is 4. The molecule has 0 saturated heterocycles. The van der Waals surface area contributed by atoms with Gasteiger partial charge in [0.2, 0.25) is 0 Å². The van der Waals surface area contributed by atoms with Crippen LogP contribution in [0.15, 0.2) is 0 Å². The zero-order valence-corrected chi connectivity index (χ0v) is 11.2. The quantitative estimate of drug-likeness (QED) is 0.719. The number of nitrogens with one attached hydrogen (secondary N) is 1. The molecule has 0 heterocycles. The third-order valence-corrected chi connectivity index (χ3v) is 2.83. The van der Waals surface area contributed by atoms with Crippen LogP contribution in [0.4, 0.5) is 0 Å². The fraction of sp³-hybridized carbons (Fsp3) is 1.00. The van der Waals surface area contributed by atoms with Crippen molar-refractivity contribution in [2.45, 2.75) is 38.3 Å². The summed E-state index contributed by atoms with van der Waals surface area (Å²) >= 11 is 0. The van der Waals surface area contributed by atoms with Crippen molar-refractivity contribution in [1.82, 2.24) is 15.1 Å². The van der Waals surface area contributed by atoms with Crippen molar-refractivity contribution >= 4 is 0 Å². The maximum atomic E-state index is 3.15. The first kappa shape index (κ1) is 14.9. The summed E-state index contributed by atoms with van der Waals surface area (Å²) in [6.07, 6.45) is 7.99. The van der Waals surface area contributed by atoms with Crippen molar-refractivity contribution in [2.75, 3.05) is 41.8 Å². The Hall–Kier alpha value is -0.120. The van der Waals surface area contributed by atoms with E-state index in [1.54, 1.807) is 0 Å². The third-order valence-electron chi connectivity index (χ3n) is 2.83. The molecule has 1 aliphatic carbocycles. The van der Waals surface area contributed by atoms with Crippen molar-refractivity contribution in [2.24, 2.45) is 0 Å². The Balaban J connectivity index is 0.000000322. The SMILES string of the molecule is C1CCCC1.CNCC(N(C)C)N(C)C. The zero-order valence-electron chi connectivity index (χ0n) is 11.2. The van der Waals surface area contributed by atoms with Gasteiger partial charge in [-0.1, -0.05) is 32.1 Å². The predicted octanol–water partition coefficient (Wildman–Crippen LogP) is 1.61. The molecule has 0 bridgehead atoms. The van der Waals surface area contributed by atoms with Crippen LogP contribution in [-0.2, 0) is 0 Å². The van der Waals surface area contributed by atoms with Gasteiger partial charge in [-0.2, -0.15) is 0 Å². The molecular weight excluding hydrogens is 186 g/mol. The van der Waals surface area contributed by atoms with E-state index in [-0.39, 0.29) is 0 Å². The Morgan fingerprint density at radius 1 is 0.867 bits per heavy atom. The van der Waals surface area contributed by atoms with E-state index >= 15 is 0 Å². The molecule has 1 fully saturated rings. The largest absolute Gasteiger partial charge is 0.317 e. The smallest absolute Gasteiger partial charge is 0.0741 e. The molecule has 3 nitrogen and oxygen atoms in total. The second kappa shape index (κ2) is 9.13. The van der Waals surface area contributed by atoms with Gasteiger partial charge >= 0.3 is 0 Å². The van der Waals surface area contributed by atoms with E-state index in [2.05, 4.69) is 43.3 Å².